The SMILES string of the molecule is COC1(C(=O)Nc2ccc(OCCCN3CCOCC3)cc2)CCCCC1. The van der Waals surface area contributed by atoms with E-state index in [9.17, 15) is 4.79 Å². The maximum atomic E-state index is 12.7. The third-order valence-corrected chi connectivity index (χ3v) is 5.57. The van der Waals surface area contributed by atoms with Crippen LogP contribution in [-0.4, -0.2) is 63.0 Å². The van der Waals surface area contributed by atoms with Gasteiger partial charge in [0.25, 0.3) is 5.91 Å². The van der Waals surface area contributed by atoms with Crippen molar-refractivity contribution in [3.05, 3.63) is 24.3 Å². The largest absolute Gasteiger partial charge is 0.494 e. The summed E-state index contributed by atoms with van der Waals surface area (Å²) in [6.07, 6.45) is 5.83. The predicted molar refractivity (Wildman–Crippen MR) is 105 cm³/mol. The molecule has 1 N–H and O–H groups in total. The van der Waals surface area contributed by atoms with Crippen molar-refractivity contribution < 1.29 is 19.0 Å². The first-order valence-corrected chi connectivity index (χ1v) is 10.1. The standard InChI is InChI=1S/C21H32N2O4/c1-25-21(10-3-2-4-11-21)20(24)22-18-6-8-19(9-7-18)27-15-5-12-23-13-16-26-17-14-23/h6-9H,2-5,10-17H2,1H3,(H,22,24). The van der Waals surface area contributed by atoms with Gasteiger partial charge in [0.1, 0.15) is 11.4 Å². The van der Waals surface area contributed by atoms with Crippen molar-refractivity contribution >= 4 is 11.6 Å². The van der Waals surface area contributed by atoms with Crippen molar-refractivity contribution in [2.45, 2.75) is 44.1 Å². The lowest BCUT2D eigenvalue weighted by molar-refractivity contribution is -0.141. The van der Waals surface area contributed by atoms with Crippen LogP contribution >= 0.6 is 0 Å². The number of carbonyl (C=O) groups is 1. The molecular formula is C21H32N2O4. The van der Waals surface area contributed by atoms with Crippen LogP contribution in [0, 0.1) is 0 Å². The molecule has 6 nitrogen and oxygen atoms in total. The predicted octanol–water partition coefficient (Wildman–Crippen LogP) is 3.08. The van der Waals surface area contributed by atoms with Gasteiger partial charge >= 0.3 is 0 Å². The minimum Gasteiger partial charge on any atom is -0.494 e. The molecule has 2 aliphatic rings. The van der Waals surface area contributed by atoms with Gasteiger partial charge in [-0.3, -0.25) is 9.69 Å². The molecule has 1 aliphatic carbocycles. The van der Waals surface area contributed by atoms with Gasteiger partial charge in [-0.05, 0) is 43.5 Å². The molecule has 2 fully saturated rings. The number of hydrogen-bond acceptors (Lipinski definition) is 5. The summed E-state index contributed by atoms with van der Waals surface area (Å²) < 4.78 is 16.8. The second kappa shape index (κ2) is 10.1. The van der Waals surface area contributed by atoms with E-state index in [0.29, 0.717) is 6.61 Å². The molecule has 1 saturated heterocycles. The van der Waals surface area contributed by atoms with Gasteiger partial charge in [-0.1, -0.05) is 19.3 Å². The van der Waals surface area contributed by atoms with Gasteiger partial charge in [-0.15, -0.1) is 0 Å². The topological polar surface area (TPSA) is 60.0 Å². The third-order valence-electron chi connectivity index (χ3n) is 5.57. The highest BCUT2D eigenvalue weighted by Gasteiger charge is 2.39. The Hall–Kier alpha value is -1.63. The van der Waals surface area contributed by atoms with E-state index in [-0.39, 0.29) is 5.91 Å². The number of morpholine rings is 1. The molecule has 0 atom stereocenters. The van der Waals surface area contributed by atoms with Gasteiger partial charge in [-0.2, -0.15) is 0 Å². The van der Waals surface area contributed by atoms with Gasteiger partial charge < -0.3 is 19.5 Å². The van der Waals surface area contributed by atoms with Crippen molar-refractivity contribution in [3.63, 3.8) is 0 Å². The van der Waals surface area contributed by atoms with Crippen molar-refractivity contribution in [1.29, 1.82) is 0 Å². The summed E-state index contributed by atoms with van der Waals surface area (Å²) in [5.74, 6) is 0.790. The average molecular weight is 376 g/mol. The average Bonchev–Trinajstić information content (AvgIpc) is 2.73. The Labute approximate surface area is 162 Å². The Morgan fingerprint density at radius 2 is 1.85 bits per heavy atom. The van der Waals surface area contributed by atoms with Gasteiger partial charge in [-0.25, -0.2) is 0 Å². The van der Waals surface area contributed by atoms with E-state index in [1.807, 2.05) is 24.3 Å². The number of nitrogens with one attached hydrogen (secondary N) is 1. The molecule has 6 heteroatoms. The Morgan fingerprint density at radius 1 is 1.15 bits per heavy atom. The lowest BCUT2D eigenvalue weighted by atomic mass is 9.84. The summed E-state index contributed by atoms with van der Waals surface area (Å²) in [4.78, 5) is 15.1. The Bertz CT molecular complexity index is 578. The minimum absolute atomic E-state index is 0.0381. The molecule has 0 spiro atoms. The highest BCUT2D eigenvalue weighted by atomic mass is 16.5. The highest BCUT2D eigenvalue weighted by Crippen LogP contribution is 2.32. The van der Waals surface area contributed by atoms with Crippen molar-refractivity contribution in [3.8, 4) is 5.75 Å². The van der Waals surface area contributed by atoms with Gasteiger partial charge in [0.15, 0.2) is 0 Å². The van der Waals surface area contributed by atoms with E-state index < -0.39 is 5.60 Å². The zero-order valence-electron chi connectivity index (χ0n) is 16.4. The Kier molecular flexibility index (Phi) is 7.50. The lowest BCUT2D eigenvalue weighted by Gasteiger charge is -2.34. The molecule has 1 amide bonds. The fourth-order valence-electron chi connectivity index (χ4n) is 3.83. The van der Waals surface area contributed by atoms with E-state index in [2.05, 4.69) is 10.2 Å². The number of rotatable bonds is 8. The number of amides is 1. The monoisotopic (exact) mass is 376 g/mol. The van der Waals surface area contributed by atoms with Crippen molar-refractivity contribution in [2.24, 2.45) is 0 Å². The van der Waals surface area contributed by atoms with Crippen LogP contribution in [0.1, 0.15) is 38.5 Å². The van der Waals surface area contributed by atoms with Crippen molar-refractivity contribution in [2.75, 3.05) is 51.9 Å². The van der Waals surface area contributed by atoms with Crippen LogP contribution in [-0.2, 0) is 14.3 Å². The Morgan fingerprint density at radius 3 is 2.52 bits per heavy atom. The van der Waals surface area contributed by atoms with Crippen LogP contribution in [0.15, 0.2) is 24.3 Å². The molecule has 0 unspecified atom stereocenters. The maximum absolute atomic E-state index is 12.7. The van der Waals surface area contributed by atoms with Gasteiger partial charge in [0.2, 0.25) is 0 Å². The maximum Gasteiger partial charge on any atom is 0.256 e. The number of hydrogen-bond donors (Lipinski definition) is 1. The molecule has 0 radical (unpaired) electrons. The van der Waals surface area contributed by atoms with E-state index >= 15 is 0 Å². The second-order valence-corrected chi connectivity index (χ2v) is 7.39. The number of methoxy groups -OCH3 is 1. The molecule has 0 aromatic heterocycles. The lowest BCUT2D eigenvalue weighted by Crippen LogP contribution is -2.46. The number of anilines is 1. The molecule has 1 saturated carbocycles. The van der Waals surface area contributed by atoms with Crippen LogP contribution in [0.2, 0.25) is 0 Å². The summed E-state index contributed by atoms with van der Waals surface area (Å²) in [5.41, 5.74) is 0.107. The second-order valence-electron chi connectivity index (χ2n) is 7.39. The van der Waals surface area contributed by atoms with E-state index in [4.69, 9.17) is 14.2 Å². The van der Waals surface area contributed by atoms with Crippen LogP contribution in [0.25, 0.3) is 0 Å². The zero-order chi connectivity index (χ0) is 19.0. The van der Waals surface area contributed by atoms with E-state index in [0.717, 1.165) is 76.4 Å². The van der Waals surface area contributed by atoms with Crippen molar-refractivity contribution in [1.82, 2.24) is 4.90 Å². The zero-order valence-corrected chi connectivity index (χ0v) is 16.4. The Balaban J connectivity index is 1.42. The fourth-order valence-corrected chi connectivity index (χ4v) is 3.83. The van der Waals surface area contributed by atoms with Crippen LogP contribution in [0.5, 0.6) is 5.75 Å². The molecular weight excluding hydrogens is 344 g/mol. The van der Waals surface area contributed by atoms with E-state index in [1.165, 1.54) is 6.42 Å². The summed E-state index contributed by atoms with van der Waals surface area (Å²) in [7, 11) is 1.64. The van der Waals surface area contributed by atoms with Crippen LogP contribution < -0.4 is 10.1 Å². The molecule has 1 aromatic rings. The fraction of sp³-hybridized carbons (Fsp3) is 0.667. The van der Waals surface area contributed by atoms with Gasteiger partial charge in [0, 0.05) is 32.4 Å². The smallest absolute Gasteiger partial charge is 0.256 e. The van der Waals surface area contributed by atoms with Crippen LogP contribution in [0.3, 0.4) is 0 Å². The third kappa shape index (κ3) is 5.67. The molecule has 3 rings (SSSR count). The number of ether oxygens (including phenoxy) is 3. The van der Waals surface area contributed by atoms with Crippen LogP contribution in [0.4, 0.5) is 5.69 Å². The normalized spacial score (nSPS) is 20.2. The van der Waals surface area contributed by atoms with E-state index in [1.54, 1.807) is 7.11 Å². The number of nitrogens with zero attached hydrogens (tertiary/aromatic N) is 1. The first-order chi connectivity index (χ1) is 13.2. The number of carbonyl (C=O) groups excluding carboxylic acids is 1. The minimum atomic E-state index is -0.674. The summed E-state index contributed by atoms with van der Waals surface area (Å²) >= 11 is 0. The van der Waals surface area contributed by atoms with Gasteiger partial charge in [0.05, 0.1) is 19.8 Å². The highest BCUT2D eigenvalue weighted by molar-refractivity contribution is 5.97. The number of benzene rings is 1. The summed E-state index contributed by atoms with van der Waals surface area (Å²) in [6.45, 7) is 5.41. The molecule has 150 valence electrons. The quantitative estimate of drug-likeness (QED) is 0.707. The molecule has 27 heavy (non-hydrogen) atoms. The first kappa shape index (κ1) is 20.1. The molecule has 1 aliphatic heterocycles. The summed E-state index contributed by atoms with van der Waals surface area (Å²) in [5, 5.41) is 3.00. The molecule has 1 heterocycles. The first-order valence-electron chi connectivity index (χ1n) is 10.1. The molecule has 1 aromatic carbocycles. The molecule has 0 bridgehead atoms. The summed E-state index contributed by atoms with van der Waals surface area (Å²) in [6, 6.07) is 7.60.